The van der Waals surface area contributed by atoms with Crippen LogP contribution >= 0.6 is 0 Å². The molecule has 0 spiro atoms. The number of hydrogen-bond donors (Lipinski definition) is 2. The first-order valence-electron chi connectivity index (χ1n) is 8.97. The van der Waals surface area contributed by atoms with Gasteiger partial charge in [-0.15, -0.1) is 0 Å². The van der Waals surface area contributed by atoms with Crippen molar-refractivity contribution in [1.82, 2.24) is 5.32 Å². The van der Waals surface area contributed by atoms with Crippen molar-refractivity contribution in [2.24, 2.45) is 0 Å². The summed E-state index contributed by atoms with van der Waals surface area (Å²) in [5.41, 5.74) is 2.03. The van der Waals surface area contributed by atoms with Crippen LogP contribution in [-0.4, -0.2) is 24.3 Å². The lowest BCUT2D eigenvalue weighted by Crippen LogP contribution is -2.32. The molecule has 0 aromatic heterocycles. The fourth-order valence-electron chi connectivity index (χ4n) is 2.99. The monoisotopic (exact) mass is 348 g/mol. The van der Waals surface area contributed by atoms with Crippen molar-refractivity contribution in [1.29, 1.82) is 5.41 Å². The minimum atomic E-state index is -0.404. The van der Waals surface area contributed by atoms with E-state index in [1.807, 2.05) is 27.7 Å². The van der Waals surface area contributed by atoms with Crippen molar-refractivity contribution >= 4 is 5.90 Å². The van der Waals surface area contributed by atoms with Crippen LogP contribution in [0.1, 0.15) is 52.5 Å². The van der Waals surface area contributed by atoms with Crippen molar-refractivity contribution in [3.63, 3.8) is 0 Å². The Balaban J connectivity index is 2.18. The van der Waals surface area contributed by atoms with E-state index < -0.39 is 6.29 Å². The molecule has 0 bridgehead atoms. The molecule has 1 unspecified atom stereocenters. The summed E-state index contributed by atoms with van der Waals surface area (Å²) in [5, 5.41) is 11.7. The number of nitrogens with one attached hydrogen (secondary N) is 2. The first-order valence-corrected chi connectivity index (χ1v) is 8.97. The molecule has 4 nitrogen and oxygen atoms in total. The molecule has 1 saturated heterocycles. The molecule has 2 atom stereocenters. The van der Waals surface area contributed by atoms with Crippen molar-refractivity contribution in [2.75, 3.05) is 0 Å². The minimum Gasteiger partial charge on any atom is -0.448 e. The zero-order valence-corrected chi connectivity index (χ0v) is 15.6. The average Bonchev–Trinajstić information content (AvgIpc) is 2.53. The van der Waals surface area contributed by atoms with Crippen molar-refractivity contribution in [3.05, 3.63) is 46.9 Å². The molecule has 2 N–H and O–H groups in total. The fraction of sp³-hybridized carbons (Fsp3) is 0.550. The molecule has 1 aliphatic rings. The predicted molar refractivity (Wildman–Crippen MR) is 98.1 cm³/mol. The van der Waals surface area contributed by atoms with E-state index in [0.29, 0.717) is 17.6 Å². The standard InChI is InChI=1S/C20H29FN2O2/c1-13(2)23-15(4)17(12-16-9-5-6-10-18(16)21)20(22)25-19-11-7-8-14(3)24-19/h5-6,9-10,13-14,19,22-23H,7-8,11-12H2,1-4H3/b17-15-,22-20?/t14-,19?/m1/s1. The first kappa shape index (κ1) is 19.4. The predicted octanol–water partition coefficient (Wildman–Crippen LogP) is 4.55. The topological polar surface area (TPSA) is 54.3 Å². The molecule has 1 aromatic carbocycles. The van der Waals surface area contributed by atoms with Crippen molar-refractivity contribution in [3.8, 4) is 0 Å². The highest BCUT2D eigenvalue weighted by Gasteiger charge is 2.24. The average molecular weight is 348 g/mol. The van der Waals surface area contributed by atoms with E-state index >= 15 is 0 Å². The zero-order chi connectivity index (χ0) is 18.4. The van der Waals surface area contributed by atoms with Gasteiger partial charge >= 0.3 is 0 Å². The molecule has 1 fully saturated rings. The summed E-state index contributed by atoms with van der Waals surface area (Å²) in [6.45, 7) is 7.97. The second kappa shape index (κ2) is 8.99. The summed E-state index contributed by atoms with van der Waals surface area (Å²) in [6, 6.07) is 6.87. The van der Waals surface area contributed by atoms with Crippen molar-refractivity contribution in [2.45, 2.75) is 71.8 Å². The summed E-state index contributed by atoms with van der Waals surface area (Å²) in [4.78, 5) is 0. The van der Waals surface area contributed by atoms with Crippen LogP contribution in [0.4, 0.5) is 4.39 Å². The van der Waals surface area contributed by atoms with Gasteiger partial charge in [0.15, 0.2) is 0 Å². The molecule has 138 valence electrons. The summed E-state index contributed by atoms with van der Waals surface area (Å²) in [6.07, 6.45) is 2.85. The van der Waals surface area contributed by atoms with Crippen LogP contribution in [0.25, 0.3) is 0 Å². The SMILES string of the molecule is C/C(NC(C)C)=C(\Cc1ccccc1F)C(=N)OC1CCC[C@@H](C)O1. The van der Waals surface area contributed by atoms with Gasteiger partial charge < -0.3 is 14.8 Å². The van der Waals surface area contributed by atoms with E-state index in [2.05, 4.69) is 5.32 Å². The van der Waals surface area contributed by atoms with Gasteiger partial charge in [0.2, 0.25) is 12.2 Å². The normalized spacial score (nSPS) is 21.7. The third-order valence-corrected chi connectivity index (χ3v) is 4.24. The molecule has 25 heavy (non-hydrogen) atoms. The van der Waals surface area contributed by atoms with E-state index in [-0.39, 0.29) is 23.9 Å². The van der Waals surface area contributed by atoms with Gasteiger partial charge in [-0.3, -0.25) is 5.41 Å². The number of halogens is 1. The molecule has 0 saturated carbocycles. The van der Waals surface area contributed by atoms with Crippen LogP contribution < -0.4 is 5.32 Å². The summed E-state index contributed by atoms with van der Waals surface area (Å²) < 4.78 is 25.6. The summed E-state index contributed by atoms with van der Waals surface area (Å²) in [7, 11) is 0. The first-order chi connectivity index (χ1) is 11.9. The number of rotatable bonds is 6. The van der Waals surface area contributed by atoms with Gasteiger partial charge in [-0.25, -0.2) is 4.39 Å². The molecule has 1 heterocycles. The van der Waals surface area contributed by atoms with Gasteiger partial charge in [0, 0.05) is 30.2 Å². The second-order valence-corrected chi connectivity index (χ2v) is 6.92. The highest BCUT2D eigenvalue weighted by atomic mass is 19.1. The molecule has 0 radical (unpaired) electrons. The molecule has 1 aliphatic heterocycles. The second-order valence-electron chi connectivity index (χ2n) is 6.92. The van der Waals surface area contributed by atoms with E-state index in [4.69, 9.17) is 14.9 Å². The van der Waals surface area contributed by atoms with E-state index in [1.165, 1.54) is 6.07 Å². The van der Waals surface area contributed by atoms with Gasteiger partial charge in [0.25, 0.3) is 0 Å². The lowest BCUT2D eigenvalue weighted by atomic mass is 10.0. The van der Waals surface area contributed by atoms with Gasteiger partial charge in [-0.1, -0.05) is 18.2 Å². The molecule has 0 aliphatic carbocycles. The van der Waals surface area contributed by atoms with Crippen LogP contribution in [0.15, 0.2) is 35.5 Å². The molecular formula is C20H29FN2O2. The third kappa shape index (κ3) is 5.85. The number of hydrogen-bond acceptors (Lipinski definition) is 4. The van der Waals surface area contributed by atoms with Crippen LogP contribution in [0.5, 0.6) is 0 Å². The minimum absolute atomic E-state index is 0.0491. The van der Waals surface area contributed by atoms with Gasteiger partial charge in [0.1, 0.15) is 5.82 Å². The van der Waals surface area contributed by atoms with Crippen LogP contribution in [-0.2, 0) is 15.9 Å². The number of allylic oxidation sites excluding steroid dienone is 1. The quantitative estimate of drug-likeness (QED) is 0.586. The Bertz CT molecular complexity index is 628. The smallest absolute Gasteiger partial charge is 0.213 e. The maximum Gasteiger partial charge on any atom is 0.213 e. The van der Waals surface area contributed by atoms with Gasteiger partial charge in [-0.05, 0) is 52.2 Å². The lowest BCUT2D eigenvalue weighted by Gasteiger charge is -2.29. The molecule has 0 amide bonds. The van der Waals surface area contributed by atoms with E-state index in [0.717, 1.165) is 25.0 Å². The van der Waals surface area contributed by atoms with Crippen LogP contribution in [0.2, 0.25) is 0 Å². The van der Waals surface area contributed by atoms with E-state index in [1.54, 1.807) is 18.2 Å². The Labute approximate surface area is 149 Å². The fourth-order valence-corrected chi connectivity index (χ4v) is 2.99. The lowest BCUT2D eigenvalue weighted by molar-refractivity contribution is -0.148. The van der Waals surface area contributed by atoms with Gasteiger partial charge in [0.05, 0.1) is 6.10 Å². The third-order valence-electron chi connectivity index (χ3n) is 4.24. The Morgan fingerprint density at radius 3 is 2.72 bits per heavy atom. The highest BCUT2D eigenvalue weighted by Crippen LogP contribution is 2.22. The Morgan fingerprint density at radius 1 is 1.36 bits per heavy atom. The Morgan fingerprint density at radius 2 is 2.08 bits per heavy atom. The Kier molecular flexibility index (Phi) is 7.00. The van der Waals surface area contributed by atoms with Crippen molar-refractivity contribution < 1.29 is 13.9 Å². The summed E-state index contributed by atoms with van der Waals surface area (Å²) in [5.74, 6) is -0.222. The van der Waals surface area contributed by atoms with Crippen LogP contribution in [0, 0.1) is 11.2 Å². The Hall–Kier alpha value is -1.88. The number of ether oxygens (including phenoxy) is 2. The molecule has 1 aromatic rings. The van der Waals surface area contributed by atoms with Crippen LogP contribution in [0.3, 0.4) is 0 Å². The maximum atomic E-state index is 14.1. The molecule has 2 rings (SSSR count). The summed E-state index contributed by atoms with van der Waals surface area (Å²) >= 11 is 0. The zero-order valence-electron chi connectivity index (χ0n) is 15.6. The van der Waals surface area contributed by atoms with Gasteiger partial charge in [-0.2, -0.15) is 0 Å². The largest absolute Gasteiger partial charge is 0.448 e. The highest BCUT2D eigenvalue weighted by molar-refractivity contribution is 5.92. The molecular weight excluding hydrogens is 319 g/mol. The van der Waals surface area contributed by atoms with E-state index in [9.17, 15) is 4.39 Å². The molecule has 5 heteroatoms. The number of benzene rings is 1. The maximum absolute atomic E-state index is 14.1.